The lowest BCUT2D eigenvalue weighted by Gasteiger charge is -2.08. The summed E-state index contributed by atoms with van der Waals surface area (Å²) in [6, 6.07) is 4.28. The number of nitro benzene ring substituents is 1. The number of nitrogens with zero attached hydrogens (tertiary/aromatic N) is 1. The van der Waals surface area contributed by atoms with Gasteiger partial charge in [0.05, 0.1) is 17.6 Å². The molecular formula is C12H16N2O5. The molecule has 0 aliphatic carbocycles. The van der Waals surface area contributed by atoms with Gasteiger partial charge in [-0.15, -0.1) is 0 Å². The first kappa shape index (κ1) is 14.9. The first-order valence-electron chi connectivity index (χ1n) is 5.87. The van der Waals surface area contributed by atoms with Crippen LogP contribution in [-0.2, 0) is 9.53 Å². The molecule has 104 valence electrons. The summed E-state index contributed by atoms with van der Waals surface area (Å²) >= 11 is 0. The first-order valence-corrected chi connectivity index (χ1v) is 5.87. The zero-order valence-corrected chi connectivity index (χ0v) is 10.8. The molecule has 19 heavy (non-hydrogen) atoms. The molecule has 1 amide bonds. The van der Waals surface area contributed by atoms with E-state index in [2.05, 4.69) is 5.32 Å². The molecule has 0 aliphatic heterocycles. The van der Waals surface area contributed by atoms with Crippen LogP contribution in [0.1, 0.15) is 13.8 Å². The van der Waals surface area contributed by atoms with Crippen LogP contribution in [-0.4, -0.2) is 30.7 Å². The van der Waals surface area contributed by atoms with Gasteiger partial charge in [-0.25, -0.2) is 0 Å². The van der Waals surface area contributed by atoms with Crippen molar-refractivity contribution < 1.29 is 19.2 Å². The zero-order chi connectivity index (χ0) is 14.3. The van der Waals surface area contributed by atoms with Crippen LogP contribution in [0.25, 0.3) is 0 Å². The van der Waals surface area contributed by atoms with Gasteiger partial charge in [0, 0.05) is 6.61 Å². The van der Waals surface area contributed by atoms with Gasteiger partial charge in [-0.3, -0.25) is 14.9 Å². The number of carbonyl (C=O) groups excluding carboxylic acids is 1. The molecule has 1 rings (SSSR count). The van der Waals surface area contributed by atoms with E-state index in [4.69, 9.17) is 9.47 Å². The van der Waals surface area contributed by atoms with Gasteiger partial charge in [0.15, 0.2) is 0 Å². The van der Waals surface area contributed by atoms with E-state index in [0.717, 1.165) is 0 Å². The number of hydrogen-bond acceptors (Lipinski definition) is 5. The van der Waals surface area contributed by atoms with Crippen LogP contribution in [0.3, 0.4) is 0 Å². The average molecular weight is 268 g/mol. The lowest BCUT2D eigenvalue weighted by atomic mass is 10.2. The van der Waals surface area contributed by atoms with Crippen molar-refractivity contribution in [2.75, 3.05) is 25.1 Å². The molecule has 1 N–H and O–H groups in total. The second-order valence-corrected chi connectivity index (χ2v) is 3.55. The van der Waals surface area contributed by atoms with E-state index in [0.29, 0.717) is 19.0 Å². The first-order chi connectivity index (χ1) is 9.08. The quantitative estimate of drug-likeness (QED) is 0.603. The molecular weight excluding hydrogens is 252 g/mol. The highest BCUT2D eigenvalue weighted by Crippen LogP contribution is 2.29. The predicted octanol–water partition coefficient (Wildman–Crippen LogP) is 1.97. The molecule has 7 heteroatoms. The van der Waals surface area contributed by atoms with Crippen molar-refractivity contribution in [2.24, 2.45) is 0 Å². The van der Waals surface area contributed by atoms with Gasteiger partial charge in [-0.1, -0.05) is 0 Å². The maximum absolute atomic E-state index is 11.5. The SMILES string of the molecule is CCOCC(=O)Nc1ccc(OCC)cc1[N+](=O)[O-]. The monoisotopic (exact) mass is 268 g/mol. The van der Waals surface area contributed by atoms with Crippen molar-refractivity contribution in [1.82, 2.24) is 0 Å². The summed E-state index contributed by atoms with van der Waals surface area (Å²) in [6.07, 6.45) is 0. The lowest BCUT2D eigenvalue weighted by molar-refractivity contribution is -0.384. The van der Waals surface area contributed by atoms with Crippen LogP contribution in [0.15, 0.2) is 18.2 Å². The molecule has 1 aromatic carbocycles. The van der Waals surface area contributed by atoms with Crippen LogP contribution in [0, 0.1) is 10.1 Å². The van der Waals surface area contributed by atoms with Crippen molar-refractivity contribution >= 4 is 17.3 Å². The van der Waals surface area contributed by atoms with Crippen molar-refractivity contribution in [3.05, 3.63) is 28.3 Å². The summed E-state index contributed by atoms with van der Waals surface area (Å²) in [5, 5.41) is 13.4. The largest absolute Gasteiger partial charge is 0.494 e. The number of nitrogens with one attached hydrogen (secondary N) is 1. The Balaban J connectivity index is 2.87. The van der Waals surface area contributed by atoms with Gasteiger partial charge >= 0.3 is 0 Å². The molecule has 0 aromatic heterocycles. The summed E-state index contributed by atoms with van der Waals surface area (Å²) < 4.78 is 10.1. The van der Waals surface area contributed by atoms with Crippen LogP contribution < -0.4 is 10.1 Å². The number of carbonyl (C=O) groups is 1. The van der Waals surface area contributed by atoms with Gasteiger partial charge in [0.1, 0.15) is 18.0 Å². The second kappa shape index (κ2) is 7.32. The van der Waals surface area contributed by atoms with Gasteiger partial charge < -0.3 is 14.8 Å². The number of nitro groups is 1. The number of hydrogen-bond donors (Lipinski definition) is 1. The fraction of sp³-hybridized carbons (Fsp3) is 0.417. The molecule has 1 aromatic rings. The van der Waals surface area contributed by atoms with Gasteiger partial charge in [0.2, 0.25) is 0 Å². The Hall–Kier alpha value is -2.15. The molecule has 0 radical (unpaired) electrons. The summed E-state index contributed by atoms with van der Waals surface area (Å²) in [5.41, 5.74) is -0.0889. The maximum Gasteiger partial charge on any atom is 0.296 e. The Morgan fingerprint density at radius 1 is 1.37 bits per heavy atom. The third-order valence-corrected chi connectivity index (χ3v) is 2.19. The maximum atomic E-state index is 11.5. The minimum absolute atomic E-state index is 0.123. The molecule has 0 fully saturated rings. The number of ether oxygens (including phenoxy) is 2. The van der Waals surface area contributed by atoms with Crippen LogP contribution >= 0.6 is 0 Å². The van der Waals surface area contributed by atoms with Crippen molar-refractivity contribution in [1.29, 1.82) is 0 Å². The average Bonchev–Trinajstić information content (AvgIpc) is 2.38. The van der Waals surface area contributed by atoms with Gasteiger partial charge in [-0.2, -0.15) is 0 Å². The molecule has 0 spiro atoms. The molecule has 0 unspecified atom stereocenters. The topological polar surface area (TPSA) is 90.7 Å². The van der Waals surface area contributed by atoms with Crippen LogP contribution in [0.5, 0.6) is 5.75 Å². The van der Waals surface area contributed by atoms with E-state index in [9.17, 15) is 14.9 Å². The fourth-order valence-electron chi connectivity index (χ4n) is 1.41. The third-order valence-electron chi connectivity index (χ3n) is 2.19. The van der Waals surface area contributed by atoms with Crippen LogP contribution in [0.4, 0.5) is 11.4 Å². The Morgan fingerprint density at radius 2 is 2.11 bits per heavy atom. The molecule has 0 aliphatic rings. The Kier molecular flexibility index (Phi) is 5.74. The van der Waals surface area contributed by atoms with E-state index >= 15 is 0 Å². The van der Waals surface area contributed by atoms with Gasteiger partial charge in [0.25, 0.3) is 11.6 Å². The Labute approximate surface area is 110 Å². The highest BCUT2D eigenvalue weighted by Gasteiger charge is 2.17. The highest BCUT2D eigenvalue weighted by atomic mass is 16.6. The second-order valence-electron chi connectivity index (χ2n) is 3.55. The predicted molar refractivity (Wildman–Crippen MR) is 69.4 cm³/mol. The molecule has 0 saturated heterocycles. The Morgan fingerprint density at radius 3 is 2.68 bits per heavy atom. The van der Waals surface area contributed by atoms with E-state index in [1.54, 1.807) is 19.9 Å². The summed E-state index contributed by atoms with van der Waals surface area (Å²) in [6.45, 7) is 4.21. The summed E-state index contributed by atoms with van der Waals surface area (Å²) in [4.78, 5) is 21.8. The molecule has 7 nitrogen and oxygen atoms in total. The van der Waals surface area contributed by atoms with Crippen molar-refractivity contribution in [3.63, 3.8) is 0 Å². The molecule has 0 heterocycles. The standard InChI is InChI=1S/C12H16N2O5/c1-3-18-8-12(15)13-10-6-5-9(19-4-2)7-11(10)14(16)17/h5-7H,3-4,8H2,1-2H3,(H,13,15). The summed E-state index contributed by atoms with van der Waals surface area (Å²) in [5.74, 6) is -0.0499. The van der Waals surface area contributed by atoms with E-state index in [1.165, 1.54) is 12.1 Å². The highest BCUT2D eigenvalue weighted by molar-refractivity contribution is 5.94. The number of rotatable bonds is 7. The lowest BCUT2D eigenvalue weighted by Crippen LogP contribution is -2.18. The van der Waals surface area contributed by atoms with Crippen LogP contribution in [0.2, 0.25) is 0 Å². The summed E-state index contributed by atoms with van der Waals surface area (Å²) in [7, 11) is 0. The van der Waals surface area contributed by atoms with Gasteiger partial charge in [-0.05, 0) is 26.0 Å². The normalized spacial score (nSPS) is 10.0. The minimum Gasteiger partial charge on any atom is -0.494 e. The number of anilines is 1. The zero-order valence-electron chi connectivity index (χ0n) is 10.8. The van der Waals surface area contributed by atoms with E-state index in [-0.39, 0.29) is 18.0 Å². The number of amides is 1. The van der Waals surface area contributed by atoms with Crippen molar-refractivity contribution in [3.8, 4) is 5.75 Å². The minimum atomic E-state index is -0.571. The molecule has 0 saturated carbocycles. The smallest absolute Gasteiger partial charge is 0.296 e. The number of benzene rings is 1. The van der Waals surface area contributed by atoms with E-state index in [1.807, 2.05) is 0 Å². The molecule has 0 atom stereocenters. The third kappa shape index (κ3) is 4.55. The van der Waals surface area contributed by atoms with Crippen molar-refractivity contribution in [2.45, 2.75) is 13.8 Å². The Bertz CT molecular complexity index is 461. The fourth-order valence-corrected chi connectivity index (χ4v) is 1.41. The van der Waals surface area contributed by atoms with E-state index < -0.39 is 10.8 Å². The molecule has 0 bridgehead atoms.